The van der Waals surface area contributed by atoms with Crippen molar-refractivity contribution in [2.45, 2.75) is 6.92 Å². The second kappa shape index (κ2) is 4.43. The van der Waals surface area contributed by atoms with Crippen molar-refractivity contribution in [2.24, 2.45) is 4.99 Å². The van der Waals surface area contributed by atoms with Gasteiger partial charge in [0.1, 0.15) is 6.07 Å². The first-order valence-corrected chi connectivity index (χ1v) is 4.35. The normalized spacial score (nSPS) is 10.1. The van der Waals surface area contributed by atoms with Crippen LogP contribution in [0, 0.1) is 18.3 Å². The van der Waals surface area contributed by atoms with E-state index in [-0.39, 0.29) is 0 Å². The second-order valence-electron chi connectivity index (χ2n) is 3.34. The number of nitrogens with zero attached hydrogens (tertiary/aromatic N) is 3. The number of benzene rings is 1. The van der Waals surface area contributed by atoms with E-state index in [1.807, 2.05) is 38.1 Å². The van der Waals surface area contributed by atoms with Crippen LogP contribution in [0.1, 0.15) is 11.1 Å². The van der Waals surface area contributed by atoms with Gasteiger partial charge < -0.3 is 4.90 Å². The van der Waals surface area contributed by atoms with Gasteiger partial charge in [-0.25, -0.2) is 4.99 Å². The molecule has 0 radical (unpaired) electrons. The van der Waals surface area contributed by atoms with Gasteiger partial charge in [-0.2, -0.15) is 5.26 Å². The van der Waals surface area contributed by atoms with Crippen molar-refractivity contribution in [3.05, 3.63) is 29.3 Å². The Morgan fingerprint density at radius 1 is 1.43 bits per heavy atom. The lowest BCUT2D eigenvalue weighted by atomic mass is 10.1. The van der Waals surface area contributed by atoms with Gasteiger partial charge in [0.05, 0.1) is 17.6 Å². The van der Waals surface area contributed by atoms with Gasteiger partial charge in [0, 0.05) is 14.1 Å². The molecule has 0 heterocycles. The van der Waals surface area contributed by atoms with E-state index in [4.69, 9.17) is 5.26 Å². The summed E-state index contributed by atoms with van der Waals surface area (Å²) in [5.41, 5.74) is 2.44. The Labute approximate surface area is 84.3 Å². The van der Waals surface area contributed by atoms with Gasteiger partial charge in [-0.3, -0.25) is 0 Å². The first kappa shape index (κ1) is 10.3. The van der Waals surface area contributed by atoms with Crippen molar-refractivity contribution in [1.29, 1.82) is 5.26 Å². The third-order valence-corrected chi connectivity index (χ3v) is 1.70. The van der Waals surface area contributed by atoms with Crippen molar-refractivity contribution in [2.75, 3.05) is 14.1 Å². The molecule has 0 aliphatic rings. The smallest absolute Gasteiger partial charge is 0.101 e. The maximum Gasteiger partial charge on any atom is 0.101 e. The highest BCUT2D eigenvalue weighted by atomic mass is 15.1. The largest absolute Gasteiger partial charge is 0.369 e. The van der Waals surface area contributed by atoms with Gasteiger partial charge in [0.25, 0.3) is 0 Å². The zero-order valence-electron chi connectivity index (χ0n) is 8.65. The van der Waals surface area contributed by atoms with E-state index in [0.717, 1.165) is 11.3 Å². The van der Waals surface area contributed by atoms with Crippen molar-refractivity contribution >= 4 is 12.0 Å². The summed E-state index contributed by atoms with van der Waals surface area (Å²) in [5.74, 6) is 0. The Morgan fingerprint density at radius 3 is 2.71 bits per heavy atom. The first-order valence-electron chi connectivity index (χ1n) is 4.35. The average molecular weight is 187 g/mol. The standard InChI is InChI=1S/C11H13N3/c1-9-4-5-10(7-12)11(6-9)13-8-14(2)3/h4-6,8H,1-3H3. The third kappa shape index (κ3) is 2.60. The fraction of sp³-hybridized carbons (Fsp3) is 0.273. The topological polar surface area (TPSA) is 39.4 Å². The molecule has 3 nitrogen and oxygen atoms in total. The maximum atomic E-state index is 8.84. The molecule has 0 saturated heterocycles. The highest BCUT2D eigenvalue weighted by Gasteiger charge is 1.99. The van der Waals surface area contributed by atoms with Gasteiger partial charge in [-0.05, 0) is 24.6 Å². The van der Waals surface area contributed by atoms with Crippen LogP contribution >= 0.6 is 0 Å². The molecule has 0 bridgehead atoms. The average Bonchev–Trinajstić information content (AvgIpc) is 2.15. The maximum absolute atomic E-state index is 8.84. The molecule has 0 aromatic heterocycles. The minimum atomic E-state index is 0.605. The number of hydrogen-bond acceptors (Lipinski definition) is 2. The van der Waals surface area contributed by atoms with Crippen molar-refractivity contribution in [3.8, 4) is 6.07 Å². The number of rotatable bonds is 2. The summed E-state index contributed by atoms with van der Waals surface area (Å²) < 4.78 is 0. The first-order chi connectivity index (χ1) is 6.63. The number of aryl methyl sites for hydroxylation is 1. The lowest BCUT2D eigenvalue weighted by Crippen LogP contribution is -2.07. The van der Waals surface area contributed by atoms with Crippen LogP contribution in [0.2, 0.25) is 0 Å². The van der Waals surface area contributed by atoms with Crippen molar-refractivity contribution in [3.63, 3.8) is 0 Å². The molecule has 1 aromatic rings. The Hall–Kier alpha value is -1.82. The minimum Gasteiger partial charge on any atom is -0.369 e. The van der Waals surface area contributed by atoms with Crippen molar-refractivity contribution in [1.82, 2.24) is 4.90 Å². The Balaban J connectivity index is 3.06. The van der Waals surface area contributed by atoms with Gasteiger partial charge in [0.2, 0.25) is 0 Å². The molecule has 0 spiro atoms. The molecule has 0 aliphatic carbocycles. The summed E-state index contributed by atoms with van der Waals surface area (Å²) in [6, 6.07) is 7.71. The Kier molecular flexibility index (Phi) is 3.24. The predicted molar refractivity (Wildman–Crippen MR) is 57.7 cm³/mol. The molecule has 3 heteroatoms. The van der Waals surface area contributed by atoms with Gasteiger partial charge >= 0.3 is 0 Å². The minimum absolute atomic E-state index is 0.605. The van der Waals surface area contributed by atoms with Crippen LogP contribution in [0.15, 0.2) is 23.2 Å². The SMILES string of the molecule is Cc1ccc(C#N)c(N=CN(C)C)c1. The molecular weight excluding hydrogens is 174 g/mol. The van der Waals surface area contributed by atoms with E-state index < -0.39 is 0 Å². The van der Waals surface area contributed by atoms with E-state index in [0.29, 0.717) is 5.56 Å². The van der Waals surface area contributed by atoms with Crippen LogP contribution in [0.4, 0.5) is 5.69 Å². The molecule has 0 amide bonds. The summed E-state index contributed by atoms with van der Waals surface area (Å²) in [5, 5.41) is 8.84. The third-order valence-electron chi connectivity index (χ3n) is 1.70. The molecule has 72 valence electrons. The van der Waals surface area contributed by atoms with Crippen LogP contribution in [-0.4, -0.2) is 25.3 Å². The Bertz CT molecular complexity index is 386. The summed E-state index contributed by atoms with van der Waals surface area (Å²) in [7, 11) is 3.79. The second-order valence-corrected chi connectivity index (χ2v) is 3.34. The summed E-state index contributed by atoms with van der Waals surface area (Å²) in [6.45, 7) is 1.98. The highest BCUT2D eigenvalue weighted by Crippen LogP contribution is 2.19. The summed E-state index contributed by atoms with van der Waals surface area (Å²) in [6.07, 6.45) is 1.69. The van der Waals surface area contributed by atoms with Crippen LogP contribution in [0.3, 0.4) is 0 Å². The molecule has 1 rings (SSSR count). The molecule has 0 saturated carbocycles. The summed E-state index contributed by atoms with van der Waals surface area (Å²) in [4.78, 5) is 6.05. The van der Waals surface area contributed by atoms with Crippen molar-refractivity contribution < 1.29 is 0 Å². The van der Waals surface area contributed by atoms with Crippen LogP contribution in [0.5, 0.6) is 0 Å². The Morgan fingerprint density at radius 2 is 2.14 bits per heavy atom. The fourth-order valence-corrected chi connectivity index (χ4v) is 1.02. The van der Waals surface area contributed by atoms with E-state index in [2.05, 4.69) is 11.1 Å². The van der Waals surface area contributed by atoms with Gasteiger partial charge in [0.15, 0.2) is 0 Å². The molecular formula is C11H13N3. The molecule has 14 heavy (non-hydrogen) atoms. The fourth-order valence-electron chi connectivity index (χ4n) is 1.02. The monoisotopic (exact) mass is 187 g/mol. The van der Waals surface area contributed by atoms with E-state index in [1.165, 1.54) is 0 Å². The lowest BCUT2D eigenvalue weighted by molar-refractivity contribution is 0.643. The van der Waals surface area contributed by atoms with Gasteiger partial charge in [-0.1, -0.05) is 6.07 Å². The number of aliphatic imine (C=N–C) groups is 1. The van der Waals surface area contributed by atoms with E-state index >= 15 is 0 Å². The van der Waals surface area contributed by atoms with E-state index in [9.17, 15) is 0 Å². The highest BCUT2D eigenvalue weighted by molar-refractivity contribution is 5.65. The van der Waals surface area contributed by atoms with Crippen LogP contribution < -0.4 is 0 Å². The van der Waals surface area contributed by atoms with E-state index in [1.54, 1.807) is 12.4 Å². The molecule has 0 N–H and O–H groups in total. The number of hydrogen-bond donors (Lipinski definition) is 0. The van der Waals surface area contributed by atoms with Crippen LogP contribution in [0.25, 0.3) is 0 Å². The van der Waals surface area contributed by atoms with Crippen LogP contribution in [-0.2, 0) is 0 Å². The molecule has 1 aromatic carbocycles. The lowest BCUT2D eigenvalue weighted by Gasteiger charge is -2.03. The van der Waals surface area contributed by atoms with Gasteiger partial charge in [-0.15, -0.1) is 0 Å². The molecule has 0 atom stereocenters. The quantitative estimate of drug-likeness (QED) is 0.525. The number of nitriles is 1. The summed E-state index contributed by atoms with van der Waals surface area (Å²) >= 11 is 0. The zero-order valence-corrected chi connectivity index (χ0v) is 8.65. The molecule has 0 fully saturated rings. The predicted octanol–water partition coefficient (Wildman–Crippen LogP) is 2.09. The molecule has 0 aliphatic heterocycles. The zero-order chi connectivity index (χ0) is 10.6. The molecule has 0 unspecified atom stereocenters.